The second kappa shape index (κ2) is 12.1. The van der Waals surface area contributed by atoms with E-state index in [1.807, 2.05) is 30.3 Å². The van der Waals surface area contributed by atoms with Crippen LogP contribution in [0.1, 0.15) is 47.9 Å². The summed E-state index contributed by atoms with van der Waals surface area (Å²) in [5.41, 5.74) is 4.32. The highest BCUT2D eigenvalue weighted by atomic mass is 32.2. The van der Waals surface area contributed by atoms with Gasteiger partial charge in [0, 0.05) is 18.9 Å². The lowest BCUT2D eigenvalue weighted by molar-refractivity contribution is 0.227. The fourth-order valence-electron chi connectivity index (χ4n) is 4.31. The molecule has 4 rings (SSSR count). The number of sulfonamides is 1. The van der Waals surface area contributed by atoms with Crippen molar-refractivity contribution in [2.75, 3.05) is 26.2 Å². The quantitative estimate of drug-likeness (QED) is 0.419. The number of hydrogen-bond donors (Lipinski definition) is 1. The van der Waals surface area contributed by atoms with Crippen LogP contribution < -0.4 is 4.72 Å². The number of hydrogen-bond acceptors (Lipinski definition) is 4. The zero-order chi connectivity index (χ0) is 23.6. The fraction of sp³-hybridized carbons (Fsp3) is 0.321. The van der Waals surface area contributed by atoms with Crippen LogP contribution >= 0.6 is 0 Å². The molecule has 34 heavy (non-hydrogen) atoms. The maximum Gasteiger partial charge on any atom is 0.240 e. The molecule has 2 heterocycles. The summed E-state index contributed by atoms with van der Waals surface area (Å²) < 4.78 is 28.4. The Hall–Kier alpha value is -2.80. The van der Waals surface area contributed by atoms with Crippen LogP contribution in [0.4, 0.5) is 0 Å². The first-order valence-electron chi connectivity index (χ1n) is 12.1. The molecule has 1 aliphatic heterocycles. The molecule has 1 fully saturated rings. The van der Waals surface area contributed by atoms with Crippen molar-refractivity contribution < 1.29 is 8.42 Å². The van der Waals surface area contributed by atoms with Crippen LogP contribution in [0, 0.1) is 0 Å². The fourth-order valence-corrected chi connectivity index (χ4v) is 5.45. The SMILES string of the molecule is O=S(=O)(NCCCN1CCCCC1)c1cccc(Cc2cccc(/C=C/c3ccncc3)c2)c1. The molecule has 0 atom stereocenters. The van der Waals surface area contributed by atoms with E-state index in [1.165, 1.54) is 19.3 Å². The van der Waals surface area contributed by atoms with Gasteiger partial charge < -0.3 is 4.90 Å². The third-order valence-electron chi connectivity index (χ3n) is 6.13. The molecule has 0 amide bonds. The summed E-state index contributed by atoms with van der Waals surface area (Å²) in [6.07, 6.45) is 13.0. The van der Waals surface area contributed by atoms with Crippen LogP contribution in [0.3, 0.4) is 0 Å². The van der Waals surface area contributed by atoms with Gasteiger partial charge in [-0.3, -0.25) is 4.98 Å². The van der Waals surface area contributed by atoms with Crippen molar-refractivity contribution in [2.45, 2.75) is 37.0 Å². The monoisotopic (exact) mass is 475 g/mol. The van der Waals surface area contributed by atoms with Gasteiger partial charge in [-0.05, 0) is 91.8 Å². The predicted molar refractivity (Wildman–Crippen MR) is 139 cm³/mol. The summed E-state index contributed by atoms with van der Waals surface area (Å²) in [5.74, 6) is 0. The van der Waals surface area contributed by atoms with Crippen molar-refractivity contribution >= 4 is 22.2 Å². The minimum absolute atomic E-state index is 0.330. The number of likely N-dealkylation sites (tertiary alicyclic amines) is 1. The molecule has 3 aromatic rings. The Morgan fingerprint density at radius 1 is 0.853 bits per heavy atom. The molecule has 0 bridgehead atoms. The van der Waals surface area contributed by atoms with Crippen LogP contribution in [-0.4, -0.2) is 44.5 Å². The molecule has 0 spiro atoms. The molecule has 1 N–H and O–H groups in total. The first kappa shape index (κ1) is 24.3. The molecule has 178 valence electrons. The smallest absolute Gasteiger partial charge is 0.240 e. The lowest BCUT2D eigenvalue weighted by atomic mass is 10.0. The summed E-state index contributed by atoms with van der Waals surface area (Å²) >= 11 is 0. The Labute approximate surface area is 203 Å². The molecule has 0 aliphatic carbocycles. The highest BCUT2D eigenvalue weighted by molar-refractivity contribution is 7.89. The van der Waals surface area contributed by atoms with Gasteiger partial charge >= 0.3 is 0 Å². The van der Waals surface area contributed by atoms with E-state index in [0.29, 0.717) is 17.9 Å². The summed E-state index contributed by atoms with van der Waals surface area (Å²) in [6.45, 7) is 3.69. The first-order valence-corrected chi connectivity index (χ1v) is 13.5. The van der Waals surface area contributed by atoms with Crippen molar-refractivity contribution in [3.63, 3.8) is 0 Å². The molecule has 2 aromatic carbocycles. The average Bonchev–Trinajstić information content (AvgIpc) is 2.87. The molecular weight excluding hydrogens is 442 g/mol. The van der Waals surface area contributed by atoms with E-state index in [-0.39, 0.29) is 0 Å². The number of rotatable bonds is 10. The number of nitrogens with zero attached hydrogens (tertiary/aromatic N) is 2. The van der Waals surface area contributed by atoms with Crippen LogP contribution in [-0.2, 0) is 16.4 Å². The Balaban J connectivity index is 1.35. The van der Waals surface area contributed by atoms with Crippen molar-refractivity contribution in [1.82, 2.24) is 14.6 Å². The van der Waals surface area contributed by atoms with E-state index in [0.717, 1.165) is 48.3 Å². The molecule has 0 saturated carbocycles. The normalized spacial score (nSPS) is 15.1. The average molecular weight is 476 g/mol. The Morgan fingerprint density at radius 2 is 1.56 bits per heavy atom. The zero-order valence-electron chi connectivity index (χ0n) is 19.6. The second-order valence-electron chi connectivity index (χ2n) is 8.84. The van der Waals surface area contributed by atoms with Crippen molar-refractivity contribution in [1.29, 1.82) is 0 Å². The number of benzene rings is 2. The zero-order valence-corrected chi connectivity index (χ0v) is 20.4. The van der Waals surface area contributed by atoms with Crippen LogP contribution in [0.15, 0.2) is 78.0 Å². The minimum atomic E-state index is -3.51. The van der Waals surface area contributed by atoms with E-state index >= 15 is 0 Å². The largest absolute Gasteiger partial charge is 0.303 e. The van der Waals surface area contributed by atoms with Gasteiger partial charge in [0.25, 0.3) is 0 Å². The van der Waals surface area contributed by atoms with Crippen LogP contribution in [0.25, 0.3) is 12.2 Å². The Bertz CT molecular complexity index is 1190. The van der Waals surface area contributed by atoms with Crippen LogP contribution in [0.2, 0.25) is 0 Å². The third-order valence-corrected chi connectivity index (χ3v) is 7.59. The maximum atomic E-state index is 12.8. The van der Waals surface area contributed by atoms with E-state index < -0.39 is 10.0 Å². The number of piperidine rings is 1. The maximum absolute atomic E-state index is 12.8. The van der Waals surface area contributed by atoms with Crippen LogP contribution in [0.5, 0.6) is 0 Å². The summed E-state index contributed by atoms with van der Waals surface area (Å²) in [7, 11) is -3.51. The van der Waals surface area contributed by atoms with Gasteiger partial charge in [-0.2, -0.15) is 0 Å². The highest BCUT2D eigenvalue weighted by Crippen LogP contribution is 2.17. The molecule has 1 saturated heterocycles. The molecule has 0 radical (unpaired) electrons. The van der Waals surface area contributed by atoms with Gasteiger partial charge in [-0.15, -0.1) is 0 Å². The molecule has 1 aromatic heterocycles. The Morgan fingerprint density at radius 3 is 2.35 bits per heavy atom. The lowest BCUT2D eigenvalue weighted by Gasteiger charge is -2.26. The highest BCUT2D eigenvalue weighted by Gasteiger charge is 2.15. The predicted octanol–water partition coefficient (Wildman–Crippen LogP) is 5.00. The Kier molecular flexibility index (Phi) is 8.63. The van der Waals surface area contributed by atoms with Gasteiger partial charge in [0.15, 0.2) is 0 Å². The van der Waals surface area contributed by atoms with Gasteiger partial charge in [-0.1, -0.05) is 55.0 Å². The van der Waals surface area contributed by atoms with E-state index in [1.54, 1.807) is 24.5 Å². The minimum Gasteiger partial charge on any atom is -0.303 e. The van der Waals surface area contributed by atoms with E-state index in [4.69, 9.17) is 0 Å². The van der Waals surface area contributed by atoms with Gasteiger partial charge in [0.05, 0.1) is 4.90 Å². The molecule has 5 nitrogen and oxygen atoms in total. The van der Waals surface area contributed by atoms with E-state index in [9.17, 15) is 8.42 Å². The standard InChI is InChI=1S/C28H33N3O2S/c32-34(33,30-15-6-20-31-18-2-1-3-19-31)28-10-5-9-27(23-28)22-26-8-4-7-25(21-26)12-11-24-13-16-29-17-14-24/h4-5,7-14,16-17,21,23,30H,1-3,6,15,18-20,22H2/b12-11+. The number of aromatic nitrogens is 1. The van der Waals surface area contributed by atoms with Gasteiger partial charge in [0.2, 0.25) is 10.0 Å². The molecule has 6 heteroatoms. The number of nitrogens with one attached hydrogen (secondary N) is 1. The topological polar surface area (TPSA) is 62.3 Å². The molecular formula is C28H33N3O2S. The van der Waals surface area contributed by atoms with E-state index in [2.05, 4.69) is 45.0 Å². The second-order valence-corrected chi connectivity index (χ2v) is 10.6. The third kappa shape index (κ3) is 7.35. The van der Waals surface area contributed by atoms with Crippen molar-refractivity contribution in [3.05, 3.63) is 95.3 Å². The first-order chi connectivity index (χ1) is 16.6. The van der Waals surface area contributed by atoms with Gasteiger partial charge in [0.1, 0.15) is 0 Å². The lowest BCUT2D eigenvalue weighted by Crippen LogP contribution is -2.33. The summed E-state index contributed by atoms with van der Waals surface area (Å²) in [5, 5.41) is 0. The molecule has 0 unspecified atom stereocenters. The number of pyridine rings is 1. The van der Waals surface area contributed by atoms with Crippen molar-refractivity contribution in [2.24, 2.45) is 0 Å². The summed E-state index contributed by atoms with van der Waals surface area (Å²) in [4.78, 5) is 6.80. The van der Waals surface area contributed by atoms with Gasteiger partial charge in [-0.25, -0.2) is 13.1 Å². The van der Waals surface area contributed by atoms with Crippen molar-refractivity contribution in [3.8, 4) is 0 Å². The molecule has 1 aliphatic rings. The summed E-state index contributed by atoms with van der Waals surface area (Å²) in [6, 6.07) is 19.5.